The lowest BCUT2D eigenvalue weighted by atomic mass is 9.70. The van der Waals surface area contributed by atoms with Gasteiger partial charge in [0.2, 0.25) is 0 Å². The second-order valence-electron chi connectivity index (χ2n) is 4.67. The Morgan fingerprint density at radius 3 is 2.65 bits per heavy atom. The highest BCUT2D eigenvalue weighted by Gasteiger charge is 2.33. The Bertz CT molecular complexity index is 529. The summed E-state index contributed by atoms with van der Waals surface area (Å²) >= 11 is 0. The molecule has 1 aromatic heterocycles. The van der Waals surface area contributed by atoms with Crippen LogP contribution in [0.1, 0.15) is 35.9 Å². The molecule has 0 amide bonds. The molecule has 0 spiro atoms. The number of anilines is 1. The molecule has 4 N–H and O–H groups in total. The van der Waals surface area contributed by atoms with Crippen LogP contribution in [-0.4, -0.2) is 15.3 Å². The lowest BCUT2D eigenvalue weighted by Gasteiger charge is -2.35. The van der Waals surface area contributed by atoms with Gasteiger partial charge in [-0.3, -0.25) is 5.10 Å². The van der Waals surface area contributed by atoms with Gasteiger partial charge in [0.1, 0.15) is 11.6 Å². The number of nitrogen functional groups attached to an aromatic ring is 1. The highest BCUT2D eigenvalue weighted by atomic mass is 16.3. The predicted octanol–water partition coefficient (Wildman–Crippen LogP) is 2.36. The number of phenols is 1. The smallest absolute Gasteiger partial charge is 0.145 e. The largest absolute Gasteiger partial charge is 0.508 e. The summed E-state index contributed by atoms with van der Waals surface area (Å²) in [7, 11) is 0. The van der Waals surface area contributed by atoms with Crippen LogP contribution in [0.4, 0.5) is 5.82 Å². The summed E-state index contributed by atoms with van der Waals surface area (Å²) in [4.78, 5) is 0. The Kier molecular flexibility index (Phi) is 2.28. The van der Waals surface area contributed by atoms with Crippen molar-refractivity contribution in [2.24, 2.45) is 0 Å². The Hall–Kier alpha value is -1.97. The van der Waals surface area contributed by atoms with E-state index in [-0.39, 0.29) is 0 Å². The average Bonchev–Trinajstić information content (AvgIpc) is 2.66. The number of nitrogens with two attached hydrogens (primary N) is 1. The van der Waals surface area contributed by atoms with Gasteiger partial charge >= 0.3 is 0 Å². The van der Waals surface area contributed by atoms with Crippen LogP contribution < -0.4 is 5.73 Å². The molecule has 17 heavy (non-hydrogen) atoms. The average molecular weight is 229 g/mol. The summed E-state index contributed by atoms with van der Waals surface area (Å²) < 4.78 is 0. The molecule has 4 heteroatoms. The number of para-hydroxylation sites is 1. The van der Waals surface area contributed by atoms with Crippen LogP contribution in [0.15, 0.2) is 30.3 Å². The van der Waals surface area contributed by atoms with Crippen molar-refractivity contribution in [2.75, 3.05) is 5.73 Å². The molecule has 1 aliphatic carbocycles. The van der Waals surface area contributed by atoms with Gasteiger partial charge in [0.15, 0.2) is 0 Å². The first-order valence-corrected chi connectivity index (χ1v) is 5.82. The minimum Gasteiger partial charge on any atom is -0.508 e. The van der Waals surface area contributed by atoms with Crippen molar-refractivity contribution in [3.8, 4) is 5.75 Å². The molecule has 1 saturated carbocycles. The zero-order chi connectivity index (χ0) is 11.8. The molecule has 0 aliphatic heterocycles. The molecule has 1 aliphatic rings. The number of aromatic hydroxyl groups is 1. The third-order valence-corrected chi connectivity index (χ3v) is 3.57. The first kappa shape index (κ1) is 10.2. The normalized spacial score (nSPS) is 23.3. The maximum atomic E-state index is 9.77. The maximum absolute atomic E-state index is 9.77. The third kappa shape index (κ3) is 1.75. The fourth-order valence-corrected chi connectivity index (χ4v) is 2.52. The van der Waals surface area contributed by atoms with E-state index < -0.39 is 0 Å². The van der Waals surface area contributed by atoms with Gasteiger partial charge in [0.25, 0.3) is 0 Å². The highest BCUT2D eigenvalue weighted by molar-refractivity contribution is 5.38. The van der Waals surface area contributed by atoms with E-state index >= 15 is 0 Å². The van der Waals surface area contributed by atoms with E-state index in [0.29, 0.717) is 23.4 Å². The predicted molar refractivity (Wildman–Crippen MR) is 65.8 cm³/mol. The number of nitrogens with one attached hydrogen (secondary N) is 1. The summed E-state index contributed by atoms with van der Waals surface area (Å²) in [6.07, 6.45) is 2.08. The standard InChI is InChI=1S/C13H15N3O/c14-13-7-11(15-16-13)9-5-8(6-9)10-3-1-2-4-12(10)17/h1-4,7-9,17H,5-6H2,(H3,14,15,16)/t8-,9+. The van der Waals surface area contributed by atoms with Crippen molar-refractivity contribution in [2.45, 2.75) is 24.7 Å². The van der Waals surface area contributed by atoms with Crippen LogP contribution in [0.3, 0.4) is 0 Å². The summed E-state index contributed by atoms with van der Waals surface area (Å²) in [6.45, 7) is 0. The lowest BCUT2D eigenvalue weighted by Crippen LogP contribution is -2.20. The van der Waals surface area contributed by atoms with Crippen molar-refractivity contribution in [3.63, 3.8) is 0 Å². The number of hydrogen-bond acceptors (Lipinski definition) is 3. The molecule has 88 valence electrons. The van der Waals surface area contributed by atoms with E-state index in [1.807, 2.05) is 24.3 Å². The van der Waals surface area contributed by atoms with Crippen LogP contribution in [0, 0.1) is 0 Å². The summed E-state index contributed by atoms with van der Waals surface area (Å²) in [5.41, 5.74) is 7.74. The summed E-state index contributed by atoms with van der Waals surface area (Å²) in [5, 5.41) is 16.7. The SMILES string of the molecule is Nc1cc([C@H]2C[C@@H](c3ccccc3O)C2)[nH]n1. The molecule has 0 unspecified atom stereocenters. The van der Waals surface area contributed by atoms with Crippen LogP contribution in [0.2, 0.25) is 0 Å². The number of hydrogen-bond donors (Lipinski definition) is 3. The molecular formula is C13H15N3O. The number of benzene rings is 1. The van der Waals surface area contributed by atoms with E-state index in [2.05, 4.69) is 10.2 Å². The molecule has 1 heterocycles. The first-order valence-electron chi connectivity index (χ1n) is 5.82. The van der Waals surface area contributed by atoms with E-state index in [9.17, 15) is 5.11 Å². The molecule has 1 aromatic carbocycles. The second-order valence-corrected chi connectivity index (χ2v) is 4.67. The van der Waals surface area contributed by atoms with Gasteiger partial charge in [-0.15, -0.1) is 0 Å². The van der Waals surface area contributed by atoms with E-state index in [1.165, 1.54) is 0 Å². The van der Waals surface area contributed by atoms with Crippen LogP contribution >= 0.6 is 0 Å². The monoisotopic (exact) mass is 229 g/mol. The molecule has 2 aromatic rings. The number of aromatic nitrogens is 2. The zero-order valence-electron chi connectivity index (χ0n) is 9.43. The molecule has 0 atom stereocenters. The number of nitrogens with zero attached hydrogens (tertiary/aromatic N) is 1. The maximum Gasteiger partial charge on any atom is 0.145 e. The van der Waals surface area contributed by atoms with E-state index in [0.717, 1.165) is 24.1 Å². The lowest BCUT2D eigenvalue weighted by molar-refractivity contribution is 0.333. The molecule has 0 bridgehead atoms. The Labute approximate surface area is 99.5 Å². The zero-order valence-corrected chi connectivity index (χ0v) is 9.43. The fraction of sp³-hybridized carbons (Fsp3) is 0.308. The molecular weight excluding hydrogens is 214 g/mol. The second kappa shape index (κ2) is 3.80. The Morgan fingerprint density at radius 2 is 2.00 bits per heavy atom. The summed E-state index contributed by atoms with van der Waals surface area (Å²) in [5.74, 6) is 1.89. The number of phenolic OH excluding ortho intramolecular Hbond substituents is 1. The van der Waals surface area contributed by atoms with Crippen LogP contribution in [-0.2, 0) is 0 Å². The molecule has 3 rings (SSSR count). The Morgan fingerprint density at radius 1 is 1.24 bits per heavy atom. The topological polar surface area (TPSA) is 74.9 Å². The van der Waals surface area contributed by atoms with Gasteiger partial charge in [0, 0.05) is 17.7 Å². The fourth-order valence-electron chi connectivity index (χ4n) is 2.52. The minimum absolute atomic E-state index is 0.403. The molecule has 1 fully saturated rings. The highest BCUT2D eigenvalue weighted by Crippen LogP contribution is 2.49. The van der Waals surface area contributed by atoms with Gasteiger partial charge < -0.3 is 10.8 Å². The first-order chi connectivity index (χ1) is 8.24. The third-order valence-electron chi connectivity index (χ3n) is 3.57. The van der Waals surface area contributed by atoms with Crippen LogP contribution in [0.5, 0.6) is 5.75 Å². The van der Waals surface area contributed by atoms with Gasteiger partial charge in [-0.2, -0.15) is 5.10 Å². The van der Waals surface area contributed by atoms with Gasteiger partial charge in [-0.05, 0) is 30.4 Å². The van der Waals surface area contributed by atoms with Crippen molar-refractivity contribution in [1.29, 1.82) is 0 Å². The van der Waals surface area contributed by atoms with Crippen molar-refractivity contribution >= 4 is 5.82 Å². The molecule has 0 saturated heterocycles. The number of aromatic amines is 1. The van der Waals surface area contributed by atoms with E-state index in [1.54, 1.807) is 6.07 Å². The van der Waals surface area contributed by atoms with Crippen molar-refractivity contribution < 1.29 is 5.11 Å². The minimum atomic E-state index is 0.403. The van der Waals surface area contributed by atoms with Gasteiger partial charge in [-0.25, -0.2) is 0 Å². The molecule has 4 nitrogen and oxygen atoms in total. The number of rotatable bonds is 2. The Balaban J connectivity index is 1.71. The van der Waals surface area contributed by atoms with Crippen LogP contribution in [0.25, 0.3) is 0 Å². The van der Waals surface area contributed by atoms with Gasteiger partial charge in [0.05, 0.1) is 0 Å². The van der Waals surface area contributed by atoms with Gasteiger partial charge in [-0.1, -0.05) is 18.2 Å². The van der Waals surface area contributed by atoms with Crippen molar-refractivity contribution in [3.05, 3.63) is 41.6 Å². The summed E-state index contributed by atoms with van der Waals surface area (Å²) in [6, 6.07) is 9.46. The van der Waals surface area contributed by atoms with E-state index in [4.69, 9.17) is 5.73 Å². The quantitative estimate of drug-likeness (QED) is 0.740. The molecule has 0 radical (unpaired) electrons. The van der Waals surface area contributed by atoms with Crippen molar-refractivity contribution in [1.82, 2.24) is 10.2 Å². The number of H-pyrrole nitrogens is 1.